The normalized spacial score (nSPS) is 12.9. The number of amides is 1. The Morgan fingerprint density at radius 2 is 1.92 bits per heavy atom. The minimum atomic E-state index is -0.615. The maximum atomic E-state index is 11.0. The summed E-state index contributed by atoms with van der Waals surface area (Å²) in [5.41, 5.74) is 0.830. The van der Waals surface area contributed by atoms with Gasteiger partial charge < -0.3 is 25.2 Å². The standard InChI is InChI=1S/C19H32N2O4/c1-15(23)20-16-6-8-18(9-7-16)25-13-17(24)12-21(10-5-11-22)14-19(2,3)4/h6-9,17,22,24H,5,10-14H2,1-4H3,(H,20,23). The first-order valence-corrected chi connectivity index (χ1v) is 8.71. The zero-order valence-corrected chi connectivity index (χ0v) is 15.8. The molecule has 0 aliphatic carbocycles. The van der Waals surface area contributed by atoms with Crippen molar-refractivity contribution in [3.05, 3.63) is 24.3 Å². The van der Waals surface area contributed by atoms with Crippen molar-refractivity contribution >= 4 is 11.6 Å². The van der Waals surface area contributed by atoms with Crippen LogP contribution in [0.4, 0.5) is 5.69 Å². The molecule has 1 unspecified atom stereocenters. The van der Waals surface area contributed by atoms with E-state index in [4.69, 9.17) is 9.84 Å². The van der Waals surface area contributed by atoms with Crippen molar-refractivity contribution in [3.63, 3.8) is 0 Å². The summed E-state index contributed by atoms with van der Waals surface area (Å²) in [5, 5.41) is 22.0. The van der Waals surface area contributed by atoms with E-state index in [1.165, 1.54) is 6.92 Å². The largest absolute Gasteiger partial charge is 0.491 e. The number of anilines is 1. The van der Waals surface area contributed by atoms with E-state index in [0.717, 1.165) is 13.1 Å². The Morgan fingerprint density at radius 3 is 2.44 bits per heavy atom. The molecule has 0 heterocycles. The molecule has 0 spiro atoms. The lowest BCUT2D eigenvalue weighted by Gasteiger charge is -2.31. The average Bonchev–Trinajstić information content (AvgIpc) is 2.50. The number of nitrogens with one attached hydrogen (secondary N) is 1. The summed E-state index contributed by atoms with van der Waals surface area (Å²) in [6.07, 6.45) is 0.0740. The van der Waals surface area contributed by atoms with Crippen LogP contribution in [0.1, 0.15) is 34.1 Å². The Bertz CT molecular complexity index is 511. The summed E-state index contributed by atoms with van der Waals surface area (Å²) >= 11 is 0. The second kappa shape index (κ2) is 10.4. The molecule has 0 saturated heterocycles. The number of aliphatic hydroxyl groups is 2. The number of benzene rings is 1. The molecule has 6 nitrogen and oxygen atoms in total. The van der Waals surface area contributed by atoms with Gasteiger partial charge in [0.15, 0.2) is 0 Å². The van der Waals surface area contributed by atoms with Crippen LogP contribution in [0.5, 0.6) is 5.75 Å². The first kappa shape index (κ1) is 21.4. The third kappa shape index (κ3) is 10.1. The van der Waals surface area contributed by atoms with Gasteiger partial charge in [-0.25, -0.2) is 0 Å². The number of ether oxygens (including phenoxy) is 1. The Morgan fingerprint density at radius 1 is 1.28 bits per heavy atom. The Kier molecular flexibility index (Phi) is 8.89. The highest BCUT2D eigenvalue weighted by molar-refractivity contribution is 5.88. The van der Waals surface area contributed by atoms with Gasteiger partial charge >= 0.3 is 0 Å². The van der Waals surface area contributed by atoms with Crippen molar-refractivity contribution in [1.82, 2.24) is 4.90 Å². The van der Waals surface area contributed by atoms with Gasteiger partial charge in [0, 0.05) is 38.9 Å². The van der Waals surface area contributed by atoms with E-state index in [1.54, 1.807) is 24.3 Å². The van der Waals surface area contributed by atoms with Crippen LogP contribution in [0.3, 0.4) is 0 Å². The minimum Gasteiger partial charge on any atom is -0.491 e. The van der Waals surface area contributed by atoms with E-state index in [2.05, 4.69) is 31.0 Å². The van der Waals surface area contributed by atoms with Crippen LogP contribution in [-0.2, 0) is 4.79 Å². The maximum Gasteiger partial charge on any atom is 0.221 e. The van der Waals surface area contributed by atoms with Gasteiger partial charge in [0.2, 0.25) is 5.91 Å². The Balaban J connectivity index is 2.47. The average molecular weight is 352 g/mol. The highest BCUT2D eigenvalue weighted by Crippen LogP contribution is 2.17. The summed E-state index contributed by atoms with van der Waals surface area (Å²) in [4.78, 5) is 13.2. The van der Waals surface area contributed by atoms with Gasteiger partial charge in [-0.2, -0.15) is 0 Å². The molecule has 0 aromatic heterocycles. The van der Waals surface area contributed by atoms with Gasteiger partial charge in [0.05, 0.1) is 0 Å². The van der Waals surface area contributed by atoms with Crippen LogP contribution in [0.2, 0.25) is 0 Å². The van der Waals surface area contributed by atoms with Crippen LogP contribution in [0.25, 0.3) is 0 Å². The second-order valence-corrected chi connectivity index (χ2v) is 7.54. The SMILES string of the molecule is CC(=O)Nc1ccc(OCC(O)CN(CCCO)CC(C)(C)C)cc1. The maximum absolute atomic E-state index is 11.0. The zero-order valence-electron chi connectivity index (χ0n) is 15.8. The molecule has 0 radical (unpaired) electrons. The van der Waals surface area contributed by atoms with Crippen LogP contribution >= 0.6 is 0 Å². The molecular weight excluding hydrogens is 320 g/mol. The lowest BCUT2D eigenvalue weighted by Crippen LogP contribution is -2.40. The van der Waals surface area contributed by atoms with Gasteiger partial charge in [-0.15, -0.1) is 0 Å². The topological polar surface area (TPSA) is 82.0 Å². The fraction of sp³-hybridized carbons (Fsp3) is 0.632. The zero-order chi connectivity index (χ0) is 18.9. The number of carbonyl (C=O) groups is 1. The number of hydrogen-bond acceptors (Lipinski definition) is 5. The van der Waals surface area contributed by atoms with Crippen molar-refractivity contribution < 1.29 is 19.7 Å². The summed E-state index contributed by atoms with van der Waals surface area (Å²) < 4.78 is 5.62. The molecule has 1 rings (SSSR count). The minimum absolute atomic E-state index is 0.120. The van der Waals surface area contributed by atoms with E-state index in [0.29, 0.717) is 24.4 Å². The molecule has 25 heavy (non-hydrogen) atoms. The molecule has 0 saturated carbocycles. The van der Waals surface area contributed by atoms with E-state index in [9.17, 15) is 9.90 Å². The van der Waals surface area contributed by atoms with Crippen LogP contribution < -0.4 is 10.1 Å². The Hall–Kier alpha value is -1.63. The lowest BCUT2D eigenvalue weighted by molar-refractivity contribution is -0.114. The van der Waals surface area contributed by atoms with Crippen molar-refractivity contribution in [1.29, 1.82) is 0 Å². The number of aliphatic hydroxyl groups excluding tert-OH is 2. The van der Waals surface area contributed by atoms with Gasteiger partial charge in [-0.05, 0) is 36.1 Å². The van der Waals surface area contributed by atoms with Gasteiger partial charge in [-0.1, -0.05) is 20.8 Å². The molecule has 1 aromatic carbocycles. The molecule has 0 bridgehead atoms. The monoisotopic (exact) mass is 352 g/mol. The summed E-state index contributed by atoms with van der Waals surface area (Å²) in [6, 6.07) is 7.04. The summed E-state index contributed by atoms with van der Waals surface area (Å²) in [5.74, 6) is 0.525. The predicted octanol–water partition coefficient (Wildman–Crippen LogP) is 2.12. The predicted molar refractivity (Wildman–Crippen MR) is 99.8 cm³/mol. The number of nitrogens with zero attached hydrogens (tertiary/aromatic N) is 1. The highest BCUT2D eigenvalue weighted by Gasteiger charge is 2.19. The highest BCUT2D eigenvalue weighted by atomic mass is 16.5. The van der Waals surface area contributed by atoms with Crippen molar-refractivity contribution in [2.45, 2.75) is 40.2 Å². The number of carbonyl (C=O) groups excluding carboxylic acids is 1. The van der Waals surface area contributed by atoms with Crippen molar-refractivity contribution in [2.24, 2.45) is 5.41 Å². The summed E-state index contributed by atoms with van der Waals surface area (Å²) in [6.45, 7) is 10.3. The quantitative estimate of drug-likeness (QED) is 0.601. The molecule has 3 N–H and O–H groups in total. The van der Waals surface area contributed by atoms with Crippen LogP contribution in [0, 0.1) is 5.41 Å². The van der Waals surface area contributed by atoms with E-state index in [1.807, 2.05) is 0 Å². The molecule has 0 fully saturated rings. The fourth-order valence-corrected chi connectivity index (χ4v) is 2.58. The second-order valence-electron chi connectivity index (χ2n) is 7.54. The fourth-order valence-electron chi connectivity index (χ4n) is 2.58. The molecule has 0 aliphatic heterocycles. The molecule has 6 heteroatoms. The van der Waals surface area contributed by atoms with Crippen molar-refractivity contribution in [3.8, 4) is 5.75 Å². The third-order valence-electron chi connectivity index (χ3n) is 3.42. The van der Waals surface area contributed by atoms with Crippen LogP contribution in [0.15, 0.2) is 24.3 Å². The van der Waals surface area contributed by atoms with E-state index < -0.39 is 6.10 Å². The molecule has 0 aliphatic rings. The third-order valence-corrected chi connectivity index (χ3v) is 3.42. The number of rotatable bonds is 10. The summed E-state index contributed by atoms with van der Waals surface area (Å²) in [7, 11) is 0. The van der Waals surface area contributed by atoms with Crippen molar-refractivity contribution in [2.75, 3.05) is 38.2 Å². The Labute approximate surface area is 150 Å². The van der Waals surface area contributed by atoms with Gasteiger partial charge in [0.25, 0.3) is 0 Å². The lowest BCUT2D eigenvalue weighted by atomic mass is 9.96. The van der Waals surface area contributed by atoms with E-state index >= 15 is 0 Å². The van der Waals surface area contributed by atoms with E-state index in [-0.39, 0.29) is 24.5 Å². The molecule has 1 amide bonds. The molecule has 1 aromatic rings. The van der Waals surface area contributed by atoms with Crippen LogP contribution in [-0.4, -0.2) is 60.0 Å². The first-order valence-electron chi connectivity index (χ1n) is 8.71. The van der Waals surface area contributed by atoms with Gasteiger partial charge in [-0.3, -0.25) is 4.79 Å². The molecular formula is C19H32N2O4. The number of hydrogen-bond donors (Lipinski definition) is 3. The smallest absolute Gasteiger partial charge is 0.221 e. The molecule has 1 atom stereocenters. The molecule has 142 valence electrons. The van der Waals surface area contributed by atoms with Gasteiger partial charge in [0.1, 0.15) is 18.5 Å². The first-order chi connectivity index (χ1) is 11.7.